The van der Waals surface area contributed by atoms with E-state index in [4.69, 9.17) is 11.6 Å². The van der Waals surface area contributed by atoms with Gasteiger partial charge in [-0.15, -0.1) is 0 Å². The normalized spacial score (nSPS) is 11.9. The molecule has 0 aliphatic carbocycles. The molecule has 0 radical (unpaired) electrons. The largest absolute Gasteiger partial charge is 0.417 e. The molecule has 0 atom stereocenters. The van der Waals surface area contributed by atoms with Gasteiger partial charge in [-0.1, -0.05) is 17.7 Å². The lowest BCUT2D eigenvalue weighted by atomic mass is 10.2. The Morgan fingerprint density at radius 2 is 1.72 bits per heavy atom. The van der Waals surface area contributed by atoms with E-state index < -0.39 is 31.7 Å². The molecule has 0 saturated carbocycles. The molecular weight excluding hydrogens is 381 g/mol. The molecule has 0 aromatic heterocycles. The van der Waals surface area contributed by atoms with Gasteiger partial charge in [0.25, 0.3) is 10.0 Å². The van der Waals surface area contributed by atoms with Crippen LogP contribution in [0.3, 0.4) is 0 Å². The van der Waals surface area contributed by atoms with E-state index in [1.807, 2.05) is 0 Å². The number of carbonyl (C=O) groups is 1. The molecule has 2 aromatic carbocycles. The zero-order chi connectivity index (χ0) is 18.8. The number of alkyl halides is 3. The molecule has 0 saturated heterocycles. The van der Waals surface area contributed by atoms with Crippen LogP contribution in [0.25, 0.3) is 0 Å². The molecule has 134 valence electrons. The van der Waals surface area contributed by atoms with Gasteiger partial charge < -0.3 is 5.32 Å². The lowest BCUT2D eigenvalue weighted by molar-refractivity contribution is -0.137. The molecule has 25 heavy (non-hydrogen) atoms. The van der Waals surface area contributed by atoms with Gasteiger partial charge in [-0.05, 0) is 36.4 Å². The minimum absolute atomic E-state index is 0.0785. The van der Waals surface area contributed by atoms with Crippen LogP contribution in [0.2, 0.25) is 5.02 Å². The van der Waals surface area contributed by atoms with E-state index in [-0.39, 0.29) is 11.6 Å². The summed E-state index contributed by atoms with van der Waals surface area (Å²) in [5, 5.41) is 1.87. The molecule has 0 aliphatic rings. The van der Waals surface area contributed by atoms with Crippen LogP contribution in [0, 0.1) is 0 Å². The third kappa shape index (κ3) is 4.86. The molecule has 0 unspecified atom stereocenters. The summed E-state index contributed by atoms with van der Waals surface area (Å²) < 4.78 is 65.4. The van der Waals surface area contributed by atoms with E-state index in [1.165, 1.54) is 31.2 Å². The van der Waals surface area contributed by atoms with Gasteiger partial charge in [0, 0.05) is 12.6 Å². The second-order valence-corrected chi connectivity index (χ2v) is 7.10. The van der Waals surface area contributed by atoms with Gasteiger partial charge >= 0.3 is 6.18 Å². The molecule has 0 fully saturated rings. The van der Waals surface area contributed by atoms with Crippen LogP contribution in [-0.4, -0.2) is 14.3 Å². The number of rotatable bonds is 4. The Morgan fingerprint density at radius 1 is 1.08 bits per heavy atom. The fraction of sp³-hybridized carbons (Fsp3) is 0.133. The lowest BCUT2D eigenvalue weighted by Crippen LogP contribution is -2.15. The van der Waals surface area contributed by atoms with Crippen molar-refractivity contribution in [2.45, 2.75) is 18.0 Å². The molecule has 0 heterocycles. The van der Waals surface area contributed by atoms with Crippen molar-refractivity contribution < 1.29 is 26.4 Å². The van der Waals surface area contributed by atoms with Crippen LogP contribution in [-0.2, 0) is 21.0 Å². The van der Waals surface area contributed by atoms with Gasteiger partial charge in [0.15, 0.2) is 0 Å². The second-order valence-electron chi connectivity index (χ2n) is 5.01. The number of carbonyl (C=O) groups excluding carboxylic acids is 1. The maximum atomic E-state index is 12.9. The first-order valence-corrected chi connectivity index (χ1v) is 8.62. The lowest BCUT2D eigenvalue weighted by Gasteiger charge is -2.13. The number of nitrogens with one attached hydrogen (secondary N) is 2. The summed E-state index contributed by atoms with van der Waals surface area (Å²) >= 11 is 5.48. The SMILES string of the molecule is CC(=O)Nc1cccc(NS(=O)(=O)c2ccc(Cl)c(C(F)(F)F)c2)c1. The topological polar surface area (TPSA) is 75.3 Å². The van der Waals surface area contributed by atoms with Gasteiger partial charge in [-0.2, -0.15) is 13.2 Å². The van der Waals surface area contributed by atoms with Crippen molar-refractivity contribution in [3.05, 3.63) is 53.1 Å². The second kappa shape index (κ2) is 6.93. The van der Waals surface area contributed by atoms with E-state index in [0.29, 0.717) is 11.8 Å². The van der Waals surface area contributed by atoms with E-state index in [0.717, 1.165) is 12.1 Å². The highest BCUT2D eigenvalue weighted by Gasteiger charge is 2.34. The van der Waals surface area contributed by atoms with Gasteiger partial charge in [-0.25, -0.2) is 8.42 Å². The first kappa shape index (κ1) is 19.1. The summed E-state index contributed by atoms with van der Waals surface area (Å²) in [4.78, 5) is 10.4. The highest BCUT2D eigenvalue weighted by molar-refractivity contribution is 7.92. The Kier molecular flexibility index (Phi) is 5.28. The summed E-state index contributed by atoms with van der Waals surface area (Å²) in [6, 6.07) is 8.03. The first-order chi connectivity index (χ1) is 11.5. The Morgan fingerprint density at radius 3 is 2.32 bits per heavy atom. The molecule has 0 aliphatic heterocycles. The van der Waals surface area contributed by atoms with E-state index in [2.05, 4.69) is 10.0 Å². The molecule has 0 spiro atoms. The summed E-state index contributed by atoms with van der Waals surface area (Å²) in [6.07, 6.45) is -4.78. The number of hydrogen-bond donors (Lipinski definition) is 2. The number of amides is 1. The molecule has 5 nitrogen and oxygen atoms in total. The minimum Gasteiger partial charge on any atom is -0.326 e. The molecule has 2 aromatic rings. The zero-order valence-electron chi connectivity index (χ0n) is 12.7. The Balaban J connectivity index is 2.36. The third-order valence-corrected chi connectivity index (χ3v) is 4.70. The van der Waals surface area contributed by atoms with Crippen LogP contribution in [0.1, 0.15) is 12.5 Å². The number of hydrogen-bond acceptors (Lipinski definition) is 3. The van der Waals surface area contributed by atoms with Crippen molar-refractivity contribution >= 4 is 38.9 Å². The first-order valence-electron chi connectivity index (χ1n) is 6.76. The van der Waals surface area contributed by atoms with Crippen LogP contribution in [0.4, 0.5) is 24.5 Å². The predicted molar refractivity (Wildman–Crippen MR) is 88.0 cm³/mol. The highest BCUT2D eigenvalue weighted by atomic mass is 35.5. The van der Waals surface area contributed by atoms with Crippen molar-refractivity contribution in [3.8, 4) is 0 Å². The monoisotopic (exact) mass is 392 g/mol. The Bertz CT molecular complexity index is 914. The van der Waals surface area contributed by atoms with Crippen LogP contribution < -0.4 is 10.0 Å². The number of benzene rings is 2. The molecular formula is C15H12ClF3N2O3S. The van der Waals surface area contributed by atoms with Crippen molar-refractivity contribution in [2.24, 2.45) is 0 Å². The fourth-order valence-corrected chi connectivity index (χ4v) is 3.27. The fourth-order valence-electron chi connectivity index (χ4n) is 1.97. The van der Waals surface area contributed by atoms with Crippen molar-refractivity contribution in [2.75, 3.05) is 10.0 Å². The quantitative estimate of drug-likeness (QED) is 0.821. The maximum Gasteiger partial charge on any atom is 0.417 e. The third-order valence-electron chi connectivity index (χ3n) is 2.99. The highest BCUT2D eigenvalue weighted by Crippen LogP contribution is 2.36. The molecule has 1 amide bonds. The average molecular weight is 393 g/mol. The standard InChI is InChI=1S/C15H12ClF3N2O3S/c1-9(22)20-10-3-2-4-11(7-10)21-25(23,24)12-5-6-14(16)13(8-12)15(17,18)19/h2-8,21H,1H3,(H,20,22). The maximum absolute atomic E-state index is 12.9. The van der Waals surface area contributed by atoms with E-state index >= 15 is 0 Å². The number of halogens is 4. The Labute approximate surface area is 146 Å². The van der Waals surface area contributed by atoms with Crippen LogP contribution >= 0.6 is 11.6 Å². The molecule has 0 bridgehead atoms. The average Bonchev–Trinajstić information content (AvgIpc) is 2.45. The Hall–Kier alpha value is -2.26. The molecule has 2 rings (SSSR count). The van der Waals surface area contributed by atoms with Crippen LogP contribution in [0.15, 0.2) is 47.4 Å². The number of sulfonamides is 1. The summed E-state index contributed by atoms with van der Waals surface area (Å²) in [5.41, 5.74) is -0.835. The van der Waals surface area contributed by atoms with Gasteiger partial charge in [0.2, 0.25) is 5.91 Å². The smallest absolute Gasteiger partial charge is 0.326 e. The van der Waals surface area contributed by atoms with Gasteiger partial charge in [0.1, 0.15) is 0 Å². The van der Waals surface area contributed by atoms with Gasteiger partial charge in [0.05, 0.1) is 21.2 Å². The minimum atomic E-state index is -4.78. The van der Waals surface area contributed by atoms with E-state index in [1.54, 1.807) is 0 Å². The summed E-state index contributed by atoms with van der Waals surface area (Å²) in [5.74, 6) is -0.354. The predicted octanol–water partition coefficient (Wildman–Crippen LogP) is 4.12. The number of anilines is 2. The summed E-state index contributed by atoms with van der Waals surface area (Å²) in [6.45, 7) is 1.28. The molecule has 10 heteroatoms. The van der Waals surface area contributed by atoms with E-state index in [9.17, 15) is 26.4 Å². The zero-order valence-corrected chi connectivity index (χ0v) is 14.3. The molecule has 2 N–H and O–H groups in total. The van der Waals surface area contributed by atoms with Crippen molar-refractivity contribution in [1.29, 1.82) is 0 Å². The van der Waals surface area contributed by atoms with Crippen molar-refractivity contribution in [1.82, 2.24) is 0 Å². The van der Waals surface area contributed by atoms with Crippen molar-refractivity contribution in [3.63, 3.8) is 0 Å². The summed E-state index contributed by atoms with van der Waals surface area (Å²) in [7, 11) is -4.28. The van der Waals surface area contributed by atoms with Crippen LogP contribution in [0.5, 0.6) is 0 Å². The van der Waals surface area contributed by atoms with Gasteiger partial charge in [-0.3, -0.25) is 9.52 Å².